The summed E-state index contributed by atoms with van der Waals surface area (Å²) in [6.07, 6.45) is 4.36. The van der Waals surface area contributed by atoms with Crippen molar-refractivity contribution in [1.29, 1.82) is 0 Å². The Kier molecular flexibility index (Phi) is 5.98. The minimum Gasteiger partial charge on any atom is -0.371 e. The average molecular weight is 235 g/mol. The minimum absolute atomic E-state index is 0.881. The Labute approximate surface area is 105 Å². The minimum atomic E-state index is 0.881. The molecule has 0 saturated carbocycles. The van der Waals surface area contributed by atoms with Crippen LogP contribution in [0.3, 0.4) is 0 Å². The maximum atomic E-state index is 4.39. The Bertz CT molecular complexity index is 330. The predicted molar refractivity (Wildman–Crippen MR) is 74.5 cm³/mol. The summed E-state index contributed by atoms with van der Waals surface area (Å²) in [5.41, 5.74) is 3.73. The number of rotatable bonds is 7. The highest BCUT2D eigenvalue weighted by Gasteiger charge is 2.10. The Balaban J connectivity index is 3.00. The lowest BCUT2D eigenvalue weighted by Crippen LogP contribution is -2.27. The number of hydrogen-bond acceptors (Lipinski definition) is 3. The van der Waals surface area contributed by atoms with Crippen LogP contribution >= 0.6 is 0 Å². The van der Waals surface area contributed by atoms with Gasteiger partial charge in [0.2, 0.25) is 0 Å². The number of anilines is 1. The Morgan fingerprint density at radius 2 is 1.88 bits per heavy atom. The maximum absolute atomic E-state index is 4.39. The van der Waals surface area contributed by atoms with Gasteiger partial charge in [0.15, 0.2) is 0 Å². The van der Waals surface area contributed by atoms with E-state index in [2.05, 4.69) is 42.0 Å². The summed E-state index contributed by atoms with van der Waals surface area (Å²) >= 11 is 0. The van der Waals surface area contributed by atoms with Gasteiger partial charge in [-0.25, -0.2) is 0 Å². The highest BCUT2D eigenvalue weighted by Crippen LogP contribution is 2.21. The van der Waals surface area contributed by atoms with Crippen LogP contribution in [0.1, 0.15) is 37.9 Å². The second-order valence-corrected chi connectivity index (χ2v) is 4.47. The van der Waals surface area contributed by atoms with Crippen molar-refractivity contribution in [2.45, 2.75) is 40.2 Å². The van der Waals surface area contributed by atoms with Gasteiger partial charge in [0.1, 0.15) is 0 Å². The summed E-state index contributed by atoms with van der Waals surface area (Å²) in [6, 6.07) is 2.21. The van der Waals surface area contributed by atoms with E-state index in [0.717, 1.165) is 25.3 Å². The van der Waals surface area contributed by atoms with Gasteiger partial charge < -0.3 is 10.2 Å². The van der Waals surface area contributed by atoms with Crippen molar-refractivity contribution in [3.05, 3.63) is 23.5 Å². The van der Waals surface area contributed by atoms with Crippen LogP contribution in [0.15, 0.2) is 12.3 Å². The number of nitrogens with zero attached hydrogens (tertiary/aromatic N) is 2. The molecule has 1 rings (SSSR count). The molecule has 3 nitrogen and oxygen atoms in total. The van der Waals surface area contributed by atoms with Crippen LogP contribution in [0.4, 0.5) is 5.69 Å². The lowest BCUT2D eigenvalue weighted by molar-refractivity contribution is 0.729. The van der Waals surface area contributed by atoms with Crippen molar-refractivity contribution >= 4 is 5.69 Å². The largest absolute Gasteiger partial charge is 0.371 e. The molecule has 0 fully saturated rings. The molecule has 1 aromatic heterocycles. The zero-order chi connectivity index (χ0) is 12.7. The van der Waals surface area contributed by atoms with E-state index >= 15 is 0 Å². The molecule has 0 radical (unpaired) electrons. The fourth-order valence-corrected chi connectivity index (χ4v) is 2.09. The first-order valence-corrected chi connectivity index (χ1v) is 6.58. The van der Waals surface area contributed by atoms with Crippen molar-refractivity contribution in [2.75, 3.05) is 25.0 Å². The van der Waals surface area contributed by atoms with Crippen molar-refractivity contribution in [2.24, 2.45) is 0 Å². The zero-order valence-corrected chi connectivity index (χ0v) is 11.6. The number of pyridine rings is 1. The molecule has 1 aromatic rings. The van der Waals surface area contributed by atoms with Crippen molar-refractivity contribution < 1.29 is 0 Å². The van der Waals surface area contributed by atoms with Crippen LogP contribution < -0.4 is 10.2 Å². The molecule has 0 unspecified atom stereocenters. The molecule has 3 heteroatoms. The van der Waals surface area contributed by atoms with Crippen molar-refractivity contribution in [3.63, 3.8) is 0 Å². The quantitative estimate of drug-likeness (QED) is 0.787. The normalized spacial score (nSPS) is 10.6. The monoisotopic (exact) mass is 235 g/mol. The standard InChI is InChI=1S/C14H25N3/c1-5-7-17(8-6-2)14-9-12(3)16-11-13(14)10-15-4/h9,11,15H,5-8,10H2,1-4H3. The topological polar surface area (TPSA) is 28.2 Å². The third-order valence-electron chi connectivity index (χ3n) is 2.79. The Morgan fingerprint density at radius 3 is 2.41 bits per heavy atom. The van der Waals surface area contributed by atoms with Crippen LogP contribution in [0, 0.1) is 6.92 Å². The predicted octanol–water partition coefficient (Wildman–Crippen LogP) is 2.74. The molecule has 0 aliphatic rings. The number of hydrogen-bond donors (Lipinski definition) is 1. The molecule has 0 atom stereocenters. The van der Waals surface area contributed by atoms with E-state index in [4.69, 9.17) is 0 Å². The molecule has 0 spiro atoms. The Hall–Kier alpha value is -1.09. The summed E-state index contributed by atoms with van der Waals surface area (Å²) in [4.78, 5) is 6.87. The van der Waals surface area contributed by atoms with Crippen LogP contribution in [0.2, 0.25) is 0 Å². The average Bonchev–Trinajstić information content (AvgIpc) is 2.31. The van der Waals surface area contributed by atoms with Gasteiger partial charge in [-0.1, -0.05) is 13.8 Å². The molecule has 0 bridgehead atoms. The molecule has 0 aromatic carbocycles. The van der Waals surface area contributed by atoms with Crippen molar-refractivity contribution in [3.8, 4) is 0 Å². The molecular formula is C14H25N3. The van der Waals surface area contributed by atoms with E-state index < -0.39 is 0 Å². The van der Waals surface area contributed by atoms with E-state index in [1.165, 1.54) is 24.1 Å². The third-order valence-corrected chi connectivity index (χ3v) is 2.79. The van der Waals surface area contributed by atoms with E-state index in [0.29, 0.717) is 0 Å². The molecule has 1 heterocycles. The molecule has 1 N–H and O–H groups in total. The summed E-state index contributed by atoms with van der Waals surface area (Å²) < 4.78 is 0. The summed E-state index contributed by atoms with van der Waals surface area (Å²) in [6.45, 7) is 9.64. The number of aromatic nitrogens is 1. The lowest BCUT2D eigenvalue weighted by Gasteiger charge is -2.26. The summed E-state index contributed by atoms with van der Waals surface area (Å²) in [7, 11) is 1.98. The van der Waals surface area contributed by atoms with Gasteiger partial charge in [-0.05, 0) is 32.9 Å². The highest BCUT2D eigenvalue weighted by atomic mass is 15.1. The second-order valence-electron chi connectivity index (χ2n) is 4.47. The first-order chi connectivity index (χ1) is 8.22. The van der Waals surface area contributed by atoms with Gasteiger partial charge in [0.25, 0.3) is 0 Å². The fraction of sp³-hybridized carbons (Fsp3) is 0.643. The van der Waals surface area contributed by atoms with Crippen LogP contribution in [-0.2, 0) is 6.54 Å². The van der Waals surface area contributed by atoms with Gasteiger partial charge >= 0.3 is 0 Å². The first kappa shape index (κ1) is 14.0. The van der Waals surface area contributed by atoms with E-state index in [1.807, 2.05) is 13.2 Å². The van der Waals surface area contributed by atoms with E-state index in [-0.39, 0.29) is 0 Å². The van der Waals surface area contributed by atoms with Crippen LogP contribution in [-0.4, -0.2) is 25.1 Å². The molecule has 96 valence electrons. The lowest BCUT2D eigenvalue weighted by atomic mass is 10.1. The number of nitrogens with one attached hydrogen (secondary N) is 1. The maximum Gasteiger partial charge on any atom is 0.0445 e. The van der Waals surface area contributed by atoms with E-state index in [9.17, 15) is 0 Å². The third kappa shape index (κ3) is 4.00. The SMILES string of the molecule is CCCN(CCC)c1cc(C)ncc1CNC. The smallest absolute Gasteiger partial charge is 0.0445 e. The highest BCUT2D eigenvalue weighted by molar-refractivity contribution is 5.53. The van der Waals surface area contributed by atoms with Gasteiger partial charge in [0.05, 0.1) is 0 Å². The van der Waals surface area contributed by atoms with Gasteiger partial charge in [0, 0.05) is 42.8 Å². The van der Waals surface area contributed by atoms with Gasteiger partial charge in [-0.15, -0.1) is 0 Å². The fourth-order valence-electron chi connectivity index (χ4n) is 2.09. The van der Waals surface area contributed by atoms with Gasteiger partial charge in [-0.2, -0.15) is 0 Å². The molecule has 0 aliphatic heterocycles. The Morgan fingerprint density at radius 1 is 1.24 bits per heavy atom. The van der Waals surface area contributed by atoms with Crippen molar-refractivity contribution in [1.82, 2.24) is 10.3 Å². The van der Waals surface area contributed by atoms with Crippen LogP contribution in [0.5, 0.6) is 0 Å². The number of aryl methyl sites for hydroxylation is 1. The van der Waals surface area contributed by atoms with E-state index in [1.54, 1.807) is 0 Å². The molecule has 0 aliphatic carbocycles. The first-order valence-electron chi connectivity index (χ1n) is 6.58. The molecule has 0 amide bonds. The van der Waals surface area contributed by atoms with Crippen LogP contribution in [0.25, 0.3) is 0 Å². The van der Waals surface area contributed by atoms with Gasteiger partial charge in [-0.3, -0.25) is 4.98 Å². The molecular weight excluding hydrogens is 210 g/mol. The zero-order valence-electron chi connectivity index (χ0n) is 11.6. The molecule has 0 saturated heterocycles. The summed E-state index contributed by atoms with van der Waals surface area (Å²) in [5.74, 6) is 0. The second kappa shape index (κ2) is 7.28. The molecule has 17 heavy (non-hydrogen) atoms. The summed E-state index contributed by atoms with van der Waals surface area (Å²) in [5, 5.41) is 3.22.